The number of esters is 2. The Kier molecular flexibility index (Phi) is 20.0. The van der Waals surface area contributed by atoms with Crippen molar-refractivity contribution < 1.29 is 19.1 Å². The lowest BCUT2D eigenvalue weighted by Gasteiger charge is -2.14. The van der Waals surface area contributed by atoms with E-state index in [1.807, 2.05) is 0 Å². The molecule has 1 aliphatic carbocycles. The predicted octanol–water partition coefficient (Wildman–Crippen LogP) is 9.97. The zero-order chi connectivity index (χ0) is 27.2. The maximum Gasteiger partial charge on any atom is 0.323 e. The van der Waals surface area contributed by atoms with Crippen molar-refractivity contribution in [1.82, 2.24) is 0 Å². The fourth-order valence-corrected chi connectivity index (χ4v) is 5.01. The molecule has 1 aliphatic rings. The van der Waals surface area contributed by atoms with Gasteiger partial charge >= 0.3 is 11.9 Å². The molecule has 1 saturated carbocycles. The van der Waals surface area contributed by atoms with E-state index in [-0.39, 0.29) is 11.9 Å². The number of ether oxygens (including phenoxy) is 2. The lowest BCUT2D eigenvalue weighted by molar-refractivity contribution is -0.164. The Morgan fingerprint density at radius 1 is 0.486 bits per heavy atom. The van der Waals surface area contributed by atoms with Crippen LogP contribution in [0.15, 0.2) is 0 Å². The average Bonchev–Trinajstić information content (AvgIpc) is 3.67. The minimum Gasteiger partial charge on any atom is -0.465 e. The second kappa shape index (κ2) is 21.8. The van der Waals surface area contributed by atoms with Gasteiger partial charge < -0.3 is 9.47 Å². The fraction of sp³-hybridized carbons (Fsp3) is 0.939. The maximum absolute atomic E-state index is 12.5. The molecule has 0 aromatic carbocycles. The van der Waals surface area contributed by atoms with Gasteiger partial charge in [0.05, 0.1) is 13.2 Å². The number of rotatable bonds is 26. The van der Waals surface area contributed by atoms with Crippen LogP contribution in [0.2, 0.25) is 0 Å². The Balaban J connectivity index is 1.92. The van der Waals surface area contributed by atoms with Crippen LogP contribution in [0.5, 0.6) is 0 Å². The lowest BCUT2D eigenvalue weighted by atomic mass is 10.0. The molecule has 4 nitrogen and oxygen atoms in total. The first kappa shape index (κ1) is 34.0. The van der Waals surface area contributed by atoms with Crippen LogP contribution in [0.4, 0.5) is 0 Å². The topological polar surface area (TPSA) is 52.6 Å². The number of unbranched alkanes of at least 4 members (excludes halogenated alkanes) is 16. The molecule has 0 N–H and O–H groups in total. The second-order valence-electron chi connectivity index (χ2n) is 12.6. The van der Waals surface area contributed by atoms with Gasteiger partial charge in [-0.05, 0) is 37.5 Å². The minimum absolute atomic E-state index is 0.354. The summed E-state index contributed by atoms with van der Waals surface area (Å²) in [6.45, 7) is 10.1. The third-order valence-corrected chi connectivity index (χ3v) is 7.85. The van der Waals surface area contributed by atoms with Gasteiger partial charge in [0.15, 0.2) is 5.41 Å². The first-order valence-corrected chi connectivity index (χ1v) is 16.2. The van der Waals surface area contributed by atoms with E-state index in [0.717, 1.165) is 37.5 Å². The highest BCUT2D eigenvalue weighted by Gasteiger charge is 2.59. The van der Waals surface area contributed by atoms with E-state index in [9.17, 15) is 9.59 Å². The summed E-state index contributed by atoms with van der Waals surface area (Å²) >= 11 is 0. The van der Waals surface area contributed by atoms with E-state index in [2.05, 4.69) is 27.7 Å². The van der Waals surface area contributed by atoms with E-state index in [1.165, 1.54) is 103 Å². The van der Waals surface area contributed by atoms with Gasteiger partial charge in [0.25, 0.3) is 0 Å². The predicted molar refractivity (Wildman–Crippen MR) is 156 cm³/mol. The van der Waals surface area contributed by atoms with E-state index >= 15 is 0 Å². The summed E-state index contributed by atoms with van der Waals surface area (Å²) in [5.74, 6) is 0.955. The average molecular weight is 523 g/mol. The van der Waals surface area contributed by atoms with Crippen LogP contribution in [0, 0.1) is 17.3 Å². The number of hydrogen-bond acceptors (Lipinski definition) is 4. The quantitative estimate of drug-likeness (QED) is 0.0644. The first-order chi connectivity index (χ1) is 17.9. The Hall–Kier alpha value is -1.06. The molecule has 0 aliphatic heterocycles. The molecule has 0 unspecified atom stereocenters. The fourth-order valence-electron chi connectivity index (χ4n) is 5.01. The molecule has 0 atom stereocenters. The molecular weight excluding hydrogens is 460 g/mol. The zero-order valence-corrected chi connectivity index (χ0v) is 25.3. The SMILES string of the molecule is CC(C)CCCCCCCCCCCOC(=O)C1(C(=O)OCCCCCCCCCCCC(C)C)CC1. The standard InChI is InChI=1S/C33H62O4/c1-29(2)23-19-15-11-7-5-9-13-17-21-27-36-31(34)33(25-26-33)32(35)37-28-22-18-14-10-6-8-12-16-20-24-30(3)4/h29-30H,5-28H2,1-4H3. The molecule has 0 saturated heterocycles. The van der Waals surface area contributed by atoms with Gasteiger partial charge in [-0.3, -0.25) is 9.59 Å². The van der Waals surface area contributed by atoms with Crippen molar-refractivity contribution in [3.8, 4) is 0 Å². The monoisotopic (exact) mass is 522 g/mol. The van der Waals surface area contributed by atoms with E-state index in [1.54, 1.807) is 0 Å². The van der Waals surface area contributed by atoms with Gasteiger partial charge in [-0.25, -0.2) is 0 Å². The van der Waals surface area contributed by atoms with Crippen molar-refractivity contribution in [2.75, 3.05) is 13.2 Å². The summed E-state index contributed by atoms with van der Waals surface area (Å²) in [5.41, 5.74) is -0.981. The molecular formula is C33H62O4. The largest absolute Gasteiger partial charge is 0.465 e. The normalized spacial score (nSPS) is 14.3. The molecule has 0 heterocycles. The van der Waals surface area contributed by atoms with E-state index < -0.39 is 5.41 Å². The summed E-state index contributed by atoms with van der Waals surface area (Å²) in [5, 5.41) is 0. The van der Waals surface area contributed by atoms with Gasteiger partial charge in [0.1, 0.15) is 0 Å². The minimum atomic E-state index is -0.981. The van der Waals surface area contributed by atoms with Gasteiger partial charge in [-0.15, -0.1) is 0 Å². The molecule has 0 spiro atoms. The lowest BCUT2D eigenvalue weighted by Crippen LogP contribution is -2.30. The Morgan fingerprint density at radius 3 is 1.03 bits per heavy atom. The van der Waals surface area contributed by atoms with Gasteiger partial charge in [-0.1, -0.05) is 143 Å². The highest BCUT2D eigenvalue weighted by Crippen LogP contribution is 2.48. The first-order valence-electron chi connectivity index (χ1n) is 16.2. The Bertz CT molecular complexity index is 519. The molecule has 37 heavy (non-hydrogen) atoms. The van der Waals surface area contributed by atoms with Crippen molar-refractivity contribution in [3.63, 3.8) is 0 Å². The van der Waals surface area contributed by atoms with Crippen LogP contribution in [0.25, 0.3) is 0 Å². The molecule has 0 bridgehead atoms. The molecule has 218 valence electrons. The summed E-state index contributed by atoms with van der Waals surface area (Å²) in [7, 11) is 0. The summed E-state index contributed by atoms with van der Waals surface area (Å²) in [6, 6.07) is 0. The molecule has 0 aromatic rings. The molecule has 1 rings (SSSR count). The van der Waals surface area contributed by atoms with Crippen molar-refractivity contribution in [2.24, 2.45) is 17.3 Å². The molecule has 0 aromatic heterocycles. The number of hydrogen-bond donors (Lipinski definition) is 0. The van der Waals surface area contributed by atoms with Crippen LogP contribution in [-0.4, -0.2) is 25.2 Å². The maximum atomic E-state index is 12.5. The Labute approximate surface area is 230 Å². The highest BCUT2D eigenvalue weighted by atomic mass is 16.6. The summed E-state index contributed by atoms with van der Waals surface area (Å²) in [4.78, 5) is 25.0. The molecule has 4 heteroatoms. The number of carbonyl (C=O) groups excluding carboxylic acids is 2. The van der Waals surface area contributed by atoms with Crippen LogP contribution < -0.4 is 0 Å². The van der Waals surface area contributed by atoms with Gasteiger partial charge in [-0.2, -0.15) is 0 Å². The van der Waals surface area contributed by atoms with E-state index in [0.29, 0.717) is 26.1 Å². The summed E-state index contributed by atoms with van der Waals surface area (Å²) in [6.07, 6.45) is 26.3. The van der Waals surface area contributed by atoms with Crippen LogP contribution in [-0.2, 0) is 19.1 Å². The van der Waals surface area contributed by atoms with Crippen molar-refractivity contribution in [1.29, 1.82) is 0 Å². The Morgan fingerprint density at radius 2 is 0.757 bits per heavy atom. The molecule has 1 fully saturated rings. The van der Waals surface area contributed by atoms with Crippen molar-refractivity contribution in [3.05, 3.63) is 0 Å². The third-order valence-electron chi connectivity index (χ3n) is 7.85. The highest BCUT2D eigenvalue weighted by molar-refractivity contribution is 6.03. The van der Waals surface area contributed by atoms with Crippen LogP contribution in [0.1, 0.15) is 169 Å². The van der Waals surface area contributed by atoms with E-state index in [4.69, 9.17) is 9.47 Å². The molecule has 0 radical (unpaired) electrons. The smallest absolute Gasteiger partial charge is 0.323 e. The third kappa shape index (κ3) is 18.0. The van der Waals surface area contributed by atoms with Crippen LogP contribution in [0.3, 0.4) is 0 Å². The zero-order valence-electron chi connectivity index (χ0n) is 25.3. The number of carbonyl (C=O) groups is 2. The van der Waals surface area contributed by atoms with Crippen molar-refractivity contribution in [2.45, 2.75) is 169 Å². The van der Waals surface area contributed by atoms with Crippen molar-refractivity contribution >= 4 is 11.9 Å². The van der Waals surface area contributed by atoms with Gasteiger partial charge in [0, 0.05) is 0 Å². The molecule has 0 amide bonds. The summed E-state index contributed by atoms with van der Waals surface area (Å²) < 4.78 is 10.9. The second-order valence-corrected chi connectivity index (χ2v) is 12.6. The van der Waals surface area contributed by atoms with Gasteiger partial charge in [0.2, 0.25) is 0 Å². The van der Waals surface area contributed by atoms with Crippen LogP contribution >= 0.6 is 0 Å².